The van der Waals surface area contributed by atoms with Crippen molar-refractivity contribution < 1.29 is 19.5 Å². The Balaban J connectivity index is 1.63. The van der Waals surface area contributed by atoms with Gasteiger partial charge in [-0.3, -0.25) is 4.79 Å². The van der Waals surface area contributed by atoms with Crippen molar-refractivity contribution in [3.8, 4) is 5.75 Å². The molecule has 190 valence electrons. The lowest BCUT2D eigenvalue weighted by Gasteiger charge is -2.26. The number of esters is 1. The molecule has 0 radical (unpaired) electrons. The van der Waals surface area contributed by atoms with Crippen LogP contribution in [0.4, 0.5) is 0 Å². The van der Waals surface area contributed by atoms with Crippen LogP contribution in [0.1, 0.15) is 59.9 Å². The standard InChI is InChI=1S/C31H37NO4/c1-4-32(34)21-28-27-20-25(36-18-10-14-23-12-7-6-8-13-23)16-17-26(27)29(30(28)31(33)35-5-2)24-15-9-11-22(3)19-24/h6-9,11-13,15-17,19-20,28-30,34H,4-5,10,14,18,21H2,1-3H3. The fraction of sp³-hybridized carbons (Fsp3) is 0.387. The number of ether oxygens (including phenoxy) is 2. The van der Waals surface area contributed by atoms with Crippen molar-refractivity contribution in [3.05, 3.63) is 101 Å². The second kappa shape index (κ2) is 12.2. The predicted octanol–water partition coefficient (Wildman–Crippen LogP) is 6.13. The molecule has 0 spiro atoms. The molecule has 0 saturated carbocycles. The van der Waals surface area contributed by atoms with Crippen molar-refractivity contribution in [2.24, 2.45) is 5.92 Å². The van der Waals surface area contributed by atoms with E-state index in [1.807, 2.05) is 32.0 Å². The van der Waals surface area contributed by atoms with Gasteiger partial charge in [-0.25, -0.2) is 0 Å². The Morgan fingerprint density at radius 3 is 2.50 bits per heavy atom. The molecule has 1 aliphatic rings. The van der Waals surface area contributed by atoms with Crippen molar-refractivity contribution in [3.63, 3.8) is 0 Å². The lowest BCUT2D eigenvalue weighted by molar-refractivity contribution is -0.151. The van der Waals surface area contributed by atoms with Gasteiger partial charge in [-0.2, -0.15) is 5.06 Å². The number of rotatable bonds is 11. The summed E-state index contributed by atoms with van der Waals surface area (Å²) in [6.45, 7) is 7.57. The number of carbonyl (C=O) groups is 1. The first-order valence-corrected chi connectivity index (χ1v) is 13.0. The van der Waals surface area contributed by atoms with Gasteiger partial charge in [0.15, 0.2) is 0 Å². The zero-order valence-corrected chi connectivity index (χ0v) is 21.5. The van der Waals surface area contributed by atoms with Crippen LogP contribution in [-0.2, 0) is 16.0 Å². The van der Waals surface area contributed by atoms with Gasteiger partial charge in [0.1, 0.15) is 5.75 Å². The number of nitrogens with zero attached hydrogens (tertiary/aromatic N) is 1. The Morgan fingerprint density at radius 2 is 1.78 bits per heavy atom. The number of hydroxylamine groups is 2. The summed E-state index contributed by atoms with van der Waals surface area (Å²) in [5.74, 6) is -0.194. The number of aryl methyl sites for hydroxylation is 2. The van der Waals surface area contributed by atoms with Crippen molar-refractivity contribution in [1.29, 1.82) is 0 Å². The Kier molecular flexibility index (Phi) is 8.79. The van der Waals surface area contributed by atoms with E-state index in [1.165, 1.54) is 10.6 Å². The first-order chi connectivity index (χ1) is 17.5. The number of hydrogen-bond donors (Lipinski definition) is 1. The van der Waals surface area contributed by atoms with Crippen LogP contribution in [0.5, 0.6) is 5.75 Å². The first kappa shape index (κ1) is 25.9. The summed E-state index contributed by atoms with van der Waals surface area (Å²) >= 11 is 0. The highest BCUT2D eigenvalue weighted by Crippen LogP contribution is 2.51. The Morgan fingerprint density at radius 1 is 0.972 bits per heavy atom. The molecular weight excluding hydrogens is 450 g/mol. The molecule has 3 aromatic rings. The van der Waals surface area contributed by atoms with Gasteiger partial charge < -0.3 is 14.7 Å². The van der Waals surface area contributed by atoms with Crippen molar-refractivity contribution >= 4 is 5.97 Å². The SMILES string of the molecule is CCOC(=O)C1C(CN(O)CC)c2cc(OCCCc3ccccc3)ccc2C1c1cccc(C)c1. The second-order valence-corrected chi connectivity index (χ2v) is 9.51. The Bertz CT molecular complexity index is 1150. The number of fused-ring (bicyclic) bond motifs is 1. The third kappa shape index (κ3) is 5.97. The van der Waals surface area contributed by atoms with Crippen molar-refractivity contribution in [2.75, 3.05) is 26.3 Å². The van der Waals surface area contributed by atoms with E-state index in [4.69, 9.17) is 9.47 Å². The van der Waals surface area contributed by atoms with Crippen LogP contribution >= 0.6 is 0 Å². The fourth-order valence-electron chi connectivity index (χ4n) is 5.33. The van der Waals surface area contributed by atoms with Gasteiger partial charge in [0, 0.05) is 24.9 Å². The Labute approximate surface area is 214 Å². The van der Waals surface area contributed by atoms with Gasteiger partial charge in [0.25, 0.3) is 0 Å². The summed E-state index contributed by atoms with van der Waals surface area (Å²) in [6, 6.07) is 24.9. The molecule has 3 atom stereocenters. The third-order valence-corrected chi connectivity index (χ3v) is 7.04. The van der Waals surface area contributed by atoms with Crippen LogP contribution in [0.25, 0.3) is 0 Å². The molecule has 1 N–H and O–H groups in total. The lowest BCUT2D eigenvalue weighted by atomic mass is 9.82. The van der Waals surface area contributed by atoms with Crippen LogP contribution < -0.4 is 4.74 Å². The van der Waals surface area contributed by atoms with Gasteiger partial charge in [-0.15, -0.1) is 0 Å². The smallest absolute Gasteiger partial charge is 0.310 e. The number of carbonyl (C=O) groups excluding carboxylic acids is 1. The number of likely N-dealkylation sites (N-methyl/N-ethyl adjacent to an activating group) is 1. The molecule has 0 aliphatic heterocycles. The average molecular weight is 488 g/mol. The predicted molar refractivity (Wildman–Crippen MR) is 142 cm³/mol. The highest BCUT2D eigenvalue weighted by atomic mass is 16.5. The topological polar surface area (TPSA) is 59.0 Å². The molecule has 5 nitrogen and oxygen atoms in total. The van der Waals surface area contributed by atoms with E-state index in [2.05, 4.69) is 61.5 Å². The van der Waals surface area contributed by atoms with Gasteiger partial charge >= 0.3 is 5.97 Å². The summed E-state index contributed by atoms with van der Waals surface area (Å²) in [7, 11) is 0. The van der Waals surface area contributed by atoms with Gasteiger partial charge in [-0.05, 0) is 61.1 Å². The first-order valence-electron chi connectivity index (χ1n) is 13.0. The zero-order valence-electron chi connectivity index (χ0n) is 21.5. The monoisotopic (exact) mass is 487 g/mol. The summed E-state index contributed by atoms with van der Waals surface area (Å²) in [5, 5.41) is 11.8. The number of benzene rings is 3. The molecule has 0 bridgehead atoms. The highest BCUT2D eigenvalue weighted by Gasteiger charge is 2.47. The van der Waals surface area contributed by atoms with Crippen LogP contribution in [-0.4, -0.2) is 42.5 Å². The Hall–Kier alpha value is -3.15. The van der Waals surface area contributed by atoms with E-state index in [-0.39, 0.29) is 17.8 Å². The minimum absolute atomic E-state index is 0.138. The van der Waals surface area contributed by atoms with Crippen LogP contribution in [0, 0.1) is 12.8 Å². The maximum atomic E-state index is 13.3. The molecule has 3 aromatic carbocycles. The zero-order chi connectivity index (χ0) is 25.5. The van der Waals surface area contributed by atoms with Crippen LogP contribution in [0.2, 0.25) is 0 Å². The van der Waals surface area contributed by atoms with E-state index in [0.717, 1.165) is 40.8 Å². The molecule has 5 heteroatoms. The van der Waals surface area contributed by atoms with E-state index in [0.29, 0.717) is 26.3 Å². The minimum atomic E-state index is -0.420. The molecule has 0 amide bonds. The molecule has 0 saturated heterocycles. The van der Waals surface area contributed by atoms with E-state index in [1.54, 1.807) is 0 Å². The molecule has 0 aromatic heterocycles. The molecule has 4 rings (SSSR count). The normalized spacial score (nSPS) is 18.8. The molecule has 0 fully saturated rings. The minimum Gasteiger partial charge on any atom is -0.494 e. The van der Waals surface area contributed by atoms with Gasteiger partial charge in [-0.1, -0.05) is 73.2 Å². The molecule has 36 heavy (non-hydrogen) atoms. The van der Waals surface area contributed by atoms with Crippen molar-refractivity contribution in [1.82, 2.24) is 5.06 Å². The summed E-state index contributed by atoms with van der Waals surface area (Å²) in [4.78, 5) is 13.3. The molecule has 1 aliphatic carbocycles. The molecule has 3 unspecified atom stereocenters. The highest BCUT2D eigenvalue weighted by molar-refractivity contribution is 5.78. The molecular formula is C31H37NO4. The summed E-state index contributed by atoms with van der Waals surface area (Å²) in [6.07, 6.45) is 1.88. The van der Waals surface area contributed by atoms with Gasteiger partial charge in [0.2, 0.25) is 0 Å². The third-order valence-electron chi connectivity index (χ3n) is 7.04. The molecule has 0 heterocycles. The largest absolute Gasteiger partial charge is 0.494 e. The quantitative estimate of drug-likeness (QED) is 0.200. The average Bonchev–Trinajstić information content (AvgIpc) is 3.20. The number of hydrogen-bond acceptors (Lipinski definition) is 5. The van der Waals surface area contributed by atoms with E-state index in [9.17, 15) is 10.0 Å². The second-order valence-electron chi connectivity index (χ2n) is 9.51. The fourth-order valence-corrected chi connectivity index (χ4v) is 5.33. The summed E-state index contributed by atoms with van der Waals surface area (Å²) in [5.41, 5.74) is 5.69. The summed E-state index contributed by atoms with van der Waals surface area (Å²) < 4.78 is 11.7. The van der Waals surface area contributed by atoms with E-state index < -0.39 is 5.92 Å². The van der Waals surface area contributed by atoms with Crippen LogP contribution in [0.15, 0.2) is 72.8 Å². The lowest BCUT2D eigenvalue weighted by Crippen LogP contribution is -2.33. The van der Waals surface area contributed by atoms with Crippen molar-refractivity contribution in [2.45, 2.75) is 45.4 Å². The maximum absolute atomic E-state index is 13.3. The van der Waals surface area contributed by atoms with E-state index >= 15 is 0 Å². The maximum Gasteiger partial charge on any atom is 0.310 e. The van der Waals surface area contributed by atoms with Crippen LogP contribution in [0.3, 0.4) is 0 Å². The van der Waals surface area contributed by atoms with Gasteiger partial charge in [0.05, 0.1) is 19.1 Å².